The van der Waals surface area contributed by atoms with Gasteiger partial charge < -0.3 is 14.2 Å². The van der Waals surface area contributed by atoms with Gasteiger partial charge in [-0.15, -0.1) is 0 Å². The van der Waals surface area contributed by atoms with Crippen molar-refractivity contribution in [2.45, 2.75) is 38.8 Å². The topological polar surface area (TPSA) is 60.2 Å². The number of carbonyl (C=O) groups is 1. The monoisotopic (exact) mass is 332 g/mol. The summed E-state index contributed by atoms with van der Waals surface area (Å²) in [5.41, 5.74) is 0.424. The average Bonchev–Trinajstić information content (AvgIpc) is 3.07. The van der Waals surface area contributed by atoms with Gasteiger partial charge in [-0.3, -0.25) is 4.79 Å². The Morgan fingerprint density at radius 2 is 2.25 bits per heavy atom. The molecule has 6 nitrogen and oxygen atoms in total. The van der Waals surface area contributed by atoms with E-state index in [-0.39, 0.29) is 23.9 Å². The lowest BCUT2D eigenvalue weighted by atomic mass is 10.1. The average molecular weight is 332 g/mol. The van der Waals surface area contributed by atoms with Gasteiger partial charge >= 0.3 is 0 Å². The van der Waals surface area contributed by atoms with Crippen LogP contribution in [0.4, 0.5) is 4.39 Å². The number of carbonyl (C=O) groups excluding carboxylic acids is 1. The maximum atomic E-state index is 13.7. The molecule has 128 valence electrons. The Labute approximate surface area is 140 Å². The molecule has 7 heteroatoms. The van der Waals surface area contributed by atoms with Crippen LogP contribution >= 0.6 is 0 Å². The van der Waals surface area contributed by atoms with E-state index < -0.39 is 5.82 Å². The fraction of sp³-hybridized carbons (Fsp3) is 0.471. The van der Waals surface area contributed by atoms with Gasteiger partial charge in [0.15, 0.2) is 5.82 Å². The molecule has 3 rings (SSSR count). The van der Waals surface area contributed by atoms with Crippen LogP contribution in [0.3, 0.4) is 0 Å². The van der Waals surface area contributed by atoms with E-state index in [2.05, 4.69) is 9.97 Å². The van der Waals surface area contributed by atoms with Gasteiger partial charge in [-0.1, -0.05) is 0 Å². The molecule has 2 aromatic rings. The second-order valence-electron chi connectivity index (χ2n) is 6.22. The van der Waals surface area contributed by atoms with Gasteiger partial charge in [0, 0.05) is 25.0 Å². The molecule has 2 aromatic heterocycles. The Kier molecular flexibility index (Phi) is 4.78. The summed E-state index contributed by atoms with van der Waals surface area (Å²) < 4.78 is 21.2. The largest absolute Gasteiger partial charge is 0.470 e. The van der Waals surface area contributed by atoms with Gasteiger partial charge in [0.1, 0.15) is 11.8 Å². The quantitative estimate of drug-likeness (QED) is 0.864. The maximum absolute atomic E-state index is 13.7. The Hall–Kier alpha value is -2.44. The summed E-state index contributed by atoms with van der Waals surface area (Å²) in [6, 6.07) is 3.08. The normalized spacial score (nSPS) is 18.0. The van der Waals surface area contributed by atoms with Crippen LogP contribution in [0.15, 0.2) is 30.9 Å². The number of hydrogen-bond acceptors (Lipinski definition) is 4. The summed E-state index contributed by atoms with van der Waals surface area (Å²) in [6.07, 6.45) is 6.22. The van der Waals surface area contributed by atoms with Crippen molar-refractivity contribution in [3.05, 3.63) is 42.4 Å². The molecule has 1 amide bonds. The first-order valence-electron chi connectivity index (χ1n) is 8.14. The Balaban J connectivity index is 1.66. The SMILES string of the molecule is CC(C)n1cnc(C(=O)N2CCCC(Oc3ncccc3F)C2)c1. The minimum absolute atomic E-state index is 0.0131. The lowest BCUT2D eigenvalue weighted by Gasteiger charge is -2.32. The molecule has 0 aliphatic carbocycles. The fourth-order valence-electron chi connectivity index (χ4n) is 2.73. The number of amides is 1. The van der Waals surface area contributed by atoms with E-state index in [0.29, 0.717) is 18.8 Å². The van der Waals surface area contributed by atoms with Crippen LogP contribution in [0.1, 0.15) is 43.2 Å². The molecule has 24 heavy (non-hydrogen) atoms. The second-order valence-corrected chi connectivity index (χ2v) is 6.22. The Morgan fingerprint density at radius 3 is 2.96 bits per heavy atom. The molecule has 0 bridgehead atoms. The fourth-order valence-corrected chi connectivity index (χ4v) is 2.73. The second kappa shape index (κ2) is 6.98. The number of pyridine rings is 1. The van der Waals surface area contributed by atoms with Gasteiger partial charge in [-0.05, 0) is 38.8 Å². The first-order valence-corrected chi connectivity index (χ1v) is 8.14. The molecule has 0 spiro atoms. The smallest absolute Gasteiger partial charge is 0.274 e. The first kappa shape index (κ1) is 16.4. The van der Waals surface area contributed by atoms with E-state index in [1.807, 2.05) is 18.4 Å². The molecule has 1 fully saturated rings. The van der Waals surface area contributed by atoms with Crippen LogP contribution in [0.2, 0.25) is 0 Å². The summed E-state index contributed by atoms with van der Waals surface area (Å²) in [5.74, 6) is -0.623. The maximum Gasteiger partial charge on any atom is 0.274 e. The van der Waals surface area contributed by atoms with Crippen LogP contribution in [0, 0.1) is 5.82 Å². The van der Waals surface area contributed by atoms with Crippen LogP contribution in [0.25, 0.3) is 0 Å². The summed E-state index contributed by atoms with van der Waals surface area (Å²) in [7, 11) is 0. The summed E-state index contributed by atoms with van der Waals surface area (Å²) >= 11 is 0. The molecule has 1 atom stereocenters. The number of ether oxygens (including phenoxy) is 1. The molecule has 0 radical (unpaired) electrons. The van der Waals surface area contributed by atoms with Gasteiger partial charge in [0.2, 0.25) is 0 Å². The van der Waals surface area contributed by atoms with Crippen molar-refractivity contribution in [3.8, 4) is 5.88 Å². The van der Waals surface area contributed by atoms with E-state index in [1.54, 1.807) is 17.4 Å². The molecule has 0 N–H and O–H groups in total. The van der Waals surface area contributed by atoms with Crippen LogP contribution in [0.5, 0.6) is 5.88 Å². The van der Waals surface area contributed by atoms with Gasteiger partial charge in [0.05, 0.1) is 12.9 Å². The molecular weight excluding hydrogens is 311 g/mol. The molecule has 1 saturated heterocycles. The number of halogens is 1. The van der Waals surface area contributed by atoms with Crippen molar-refractivity contribution in [2.75, 3.05) is 13.1 Å². The van der Waals surface area contributed by atoms with E-state index in [4.69, 9.17) is 4.74 Å². The van der Waals surface area contributed by atoms with Crippen LogP contribution in [-0.4, -0.2) is 44.5 Å². The first-order chi connectivity index (χ1) is 11.5. The molecule has 1 unspecified atom stereocenters. The number of rotatable bonds is 4. The minimum atomic E-state index is -0.489. The van der Waals surface area contributed by atoms with Crippen molar-refractivity contribution in [2.24, 2.45) is 0 Å². The molecule has 1 aliphatic rings. The third kappa shape index (κ3) is 3.55. The molecule has 0 saturated carbocycles. The standard InChI is InChI=1S/C17H21FN4O2/c1-12(2)22-10-15(20-11-22)17(23)21-8-4-5-13(9-21)24-16-14(18)6-3-7-19-16/h3,6-7,10-13H,4-5,8-9H2,1-2H3. The number of hydrogen-bond donors (Lipinski definition) is 0. The molecule has 3 heterocycles. The third-order valence-electron chi connectivity index (χ3n) is 4.09. The number of likely N-dealkylation sites (tertiary alicyclic amines) is 1. The lowest BCUT2D eigenvalue weighted by Crippen LogP contribution is -2.44. The number of nitrogens with zero attached hydrogens (tertiary/aromatic N) is 4. The highest BCUT2D eigenvalue weighted by atomic mass is 19.1. The molecule has 0 aromatic carbocycles. The van der Waals surface area contributed by atoms with Crippen LogP contribution < -0.4 is 4.74 Å². The predicted molar refractivity (Wildman–Crippen MR) is 86.4 cm³/mol. The number of piperidine rings is 1. The van der Waals surface area contributed by atoms with E-state index in [0.717, 1.165) is 12.8 Å². The van der Waals surface area contributed by atoms with Crippen molar-refractivity contribution in [1.82, 2.24) is 19.4 Å². The van der Waals surface area contributed by atoms with E-state index >= 15 is 0 Å². The van der Waals surface area contributed by atoms with Crippen molar-refractivity contribution < 1.29 is 13.9 Å². The molecule has 1 aliphatic heterocycles. The minimum Gasteiger partial charge on any atom is -0.470 e. The van der Waals surface area contributed by atoms with E-state index in [1.165, 1.54) is 18.3 Å². The Bertz CT molecular complexity index is 716. The zero-order chi connectivity index (χ0) is 17.1. The van der Waals surface area contributed by atoms with E-state index in [9.17, 15) is 9.18 Å². The van der Waals surface area contributed by atoms with Gasteiger partial charge in [-0.25, -0.2) is 14.4 Å². The van der Waals surface area contributed by atoms with Gasteiger partial charge in [-0.2, -0.15) is 0 Å². The zero-order valence-corrected chi connectivity index (χ0v) is 13.9. The zero-order valence-electron chi connectivity index (χ0n) is 13.9. The van der Waals surface area contributed by atoms with Crippen molar-refractivity contribution >= 4 is 5.91 Å². The van der Waals surface area contributed by atoms with Gasteiger partial charge in [0.25, 0.3) is 11.8 Å². The highest BCUT2D eigenvalue weighted by Gasteiger charge is 2.27. The summed E-state index contributed by atoms with van der Waals surface area (Å²) in [4.78, 5) is 22.4. The summed E-state index contributed by atoms with van der Waals surface area (Å²) in [6.45, 7) is 5.12. The van der Waals surface area contributed by atoms with Crippen LogP contribution in [-0.2, 0) is 0 Å². The highest BCUT2D eigenvalue weighted by molar-refractivity contribution is 5.92. The number of aromatic nitrogens is 3. The summed E-state index contributed by atoms with van der Waals surface area (Å²) in [5, 5.41) is 0. The molecular formula is C17H21FN4O2. The van der Waals surface area contributed by atoms with Crippen molar-refractivity contribution in [1.29, 1.82) is 0 Å². The third-order valence-corrected chi connectivity index (χ3v) is 4.09. The predicted octanol–water partition coefficient (Wildman–Crippen LogP) is 2.68. The highest BCUT2D eigenvalue weighted by Crippen LogP contribution is 2.20. The van der Waals surface area contributed by atoms with Crippen molar-refractivity contribution in [3.63, 3.8) is 0 Å². The Morgan fingerprint density at radius 1 is 1.42 bits per heavy atom. The lowest BCUT2D eigenvalue weighted by molar-refractivity contribution is 0.0513. The number of imidazole rings is 1.